The first-order valence-corrected chi connectivity index (χ1v) is 10.9. The molecular formula is C21H24N2O4S. The molecule has 1 aliphatic rings. The molecule has 0 aromatic heterocycles. The number of hydrogen-bond donors (Lipinski definition) is 1. The third-order valence-corrected chi connectivity index (χ3v) is 6.69. The summed E-state index contributed by atoms with van der Waals surface area (Å²) in [6, 6.07) is 15.8. The Hall–Kier alpha value is -2.51. The van der Waals surface area contributed by atoms with Gasteiger partial charge in [-0.25, -0.2) is 12.7 Å². The summed E-state index contributed by atoms with van der Waals surface area (Å²) in [6.45, 7) is 2.07. The van der Waals surface area contributed by atoms with Gasteiger partial charge >= 0.3 is 0 Å². The number of carbonyl (C=O) groups is 2. The lowest BCUT2D eigenvalue weighted by Crippen LogP contribution is -2.44. The minimum atomic E-state index is -3.48. The summed E-state index contributed by atoms with van der Waals surface area (Å²) in [5.74, 6) is -0.782. The van der Waals surface area contributed by atoms with E-state index in [0.29, 0.717) is 30.6 Å². The molecule has 1 aliphatic heterocycles. The molecule has 0 bridgehead atoms. The van der Waals surface area contributed by atoms with Crippen molar-refractivity contribution < 1.29 is 18.0 Å². The van der Waals surface area contributed by atoms with Gasteiger partial charge in [-0.05, 0) is 37.5 Å². The minimum absolute atomic E-state index is 0.0666. The molecule has 2 aromatic rings. The van der Waals surface area contributed by atoms with Crippen LogP contribution in [0.5, 0.6) is 0 Å². The summed E-state index contributed by atoms with van der Waals surface area (Å²) >= 11 is 0. The number of Topliss-reactive ketones (excluding diaryl/α,β-unsaturated/α-hetero) is 1. The van der Waals surface area contributed by atoms with E-state index in [-0.39, 0.29) is 24.0 Å². The molecule has 28 heavy (non-hydrogen) atoms. The van der Waals surface area contributed by atoms with Crippen LogP contribution in [-0.4, -0.2) is 37.5 Å². The highest BCUT2D eigenvalue weighted by Gasteiger charge is 2.32. The molecule has 1 atom stereocenters. The Morgan fingerprint density at radius 3 is 2.57 bits per heavy atom. The molecule has 1 N–H and O–H groups in total. The van der Waals surface area contributed by atoms with Crippen LogP contribution in [-0.2, 0) is 20.6 Å². The zero-order chi connectivity index (χ0) is 20.1. The number of carbonyl (C=O) groups excluding carboxylic acids is 2. The minimum Gasteiger partial charge on any atom is -0.326 e. The molecule has 148 valence electrons. The van der Waals surface area contributed by atoms with E-state index in [4.69, 9.17) is 0 Å². The molecule has 3 rings (SSSR count). The molecule has 1 heterocycles. The average Bonchev–Trinajstić information content (AvgIpc) is 2.68. The second kappa shape index (κ2) is 8.67. The van der Waals surface area contributed by atoms with Crippen molar-refractivity contribution in [3.63, 3.8) is 0 Å². The summed E-state index contributed by atoms with van der Waals surface area (Å²) in [5.41, 5.74) is 1.80. The fraction of sp³-hybridized carbons (Fsp3) is 0.333. The number of sulfonamides is 1. The van der Waals surface area contributed by atoms with Crippen LogP contribution < -0.4 is 5.32 Å². The van der Waals surface area contributed by atoms with E-state index >= 15 is 0 Å². The maximum atomic E-state index is 12.8. The lowest BCUT2D eigenvalue weighted by atomic mass is 9.98. The number of hydrogen-bond acceptors (Lipinski definition) is 4. The van der Waals surface area contributed by atoms with Gasteiger partial charge in [0, 0.05) is 24.3 Å². The van der Waals surface area contributed by atoms with Crippen molar-refractivity contribution in [1.82, 2.24) is 4.31 Å². The van der Waals surface area contributed by atoms with Crippen LogP contribution in [0.2, 0.25) is 0 Å². The monoisotopic (exact) mass is 400 g/mol. The Balaban J connectivity index is 1.66. The number of nitrogens with one attached hydrogen (secondary N) is 1. The molecule has 0 aliphatic carbocycles. The van der Waals surface area contributed by atoms with Crippen molar-refractivity contribution in [2.24, 2.45) is 5.92 Å². The predicted molar refractivity (Wildman–Crippen MR) is 108 cm³/mol. The van der Waals surface area contributed by atoms with Crippen LogP contribution in [0.1, 0.15) is 35.7 Å². The average molecular weight is 401 g/mol. The quantitative estimate of drug-likeness (QED) is 0.756. The van der Waals surface area contributed by atoms with Crippen LogP contribution in [0.4, 0.5) is 5.69 Å². The van der Waals surface area contributed by atoms with Gasteiger partial charge in [0.05, 0.1) is 11.7 Å². The number of anilines is 1. The fourth-order valence-corrected chi connectivity index (χ4v) is 4.96. The van der Waals surface area contributed by atoms with E-state index in [0.717, 1.165) is 5.56 Å². The molecule has 7 heteroatoms. The number of piperidine rings is 1. The van der Waals surface area contributed by atoms with Gasteiger partial charge in [0.25, 0.3) is 0 Å². The smallest absolute Gasteiger partial charge is 0.228 e. The zero-order valence-corrected chi connectivity index (χ0v) is 16.6. The topological polar surface area (TPSA) is 83.6 Å². The maximum Gasteiger partial charge on any atom is 0.228 e. The summed E-state index contributed by atoms with van der Waals surface area (Å²) in [4.78, 5) is 24.2. The van der Waals surface area contributed by atoms with Gasteiger partial charge in [0.15, 0.2) is 5.78 Å². The number of amides is 1. The molecule has 1 fully saturated rings. The van der Waals surface area contributed by atoms with Crippen LogP contribution in [0, 0.1) is 5.92 Å². The molecule has 1 saturated heterocycles. The predicted octanol–water partition coefficient (Wildman–Crippen LogP) is 3.07. The van der Waals surface area contributed by atoms with Gasteiger partial charge in [-0.1, -0.05) is 42.5 Å². The molecule has 0 spiro atoms. The number of nitrogens with zero attached hydrogens (tertiary/aromatic N) is 1. The zero-order valence-electron chi connectivity index (χ0n) is 15.8. The number of rotatable bonds is 6. The summed E-state index contributed by atoms with van der Waals surface area (Å²) in [5, 5.41) is 2.82. The van der Waals surface area contributed by atoms with E-state index in [1.165, 1.54) is 11.2 Å². The molecule has 2 aromatic carbocycles. The van der Waals surface area contributed by atoms with E-state index in [1.54, 1.807) is 36.4 Å². The van der Waals surface area contributed by atoms with Gasteiger partial charge in [0.2, 0.25) is 15.9 Å². The summed E-state index contributed by atoms with van der Waals surface area (Å²) in [7, 11) is -3.48. The van der Waals surface area contributed by atoms with E-state index in [9.17, 15) is 18.0 Å². The van der Waals surface area contributed by atoms with Crippen LogP contribution in [0.25, 0.3) is 0 Å². The van der Waals surface area contributed by atoms with E-state index in [2.05, 4.69) is 5.32 Å². The van der Waals surface area contributed by atoms with Gasteiger partial charge in [0.1, 0.15) is 0 Å². The Morgan fingerprint density at radius 2 is 1.86 bits per heavy atom. The van der Waals surface area contributed by atoms with Gasteiger partial charge in [-0.3, -0.25) is 9.59 Å². The fourth-order valence-electron chi connectivity index (χ4n) is 3.35. The molecule has 0 radical (unpaired) electrons. The van der Waals surface area contributed by atoms with Crippen LogP contribution >= 0.6 is 0 Å². The first kappa shape index (κ1) is 20.2. The largest absolute Gasteiger partial charge is 0.326 e. The molecule has 0 saturated carbocycles. The summed E-state index contributed by atoms with van der Waals surface area (Å²) < 4.78 is 26.9. The molecule has 1 amide bonds. The van der Waals surface area contributed by atoms with Crippen molar-refractivity contribution in [3.05, 3.63) is 65.7 Å². The van der Waals surface area contributed by atoms with Crippen molar-refractivity contribution in [1.29, 1.82) is 0 Å². The second-order valence-electron chi connectivity index (χ2n) is 7.07. The SMILES string of the molecule is CC(=O)c1cccc(NC(=O)[C@@H]2CCCN(S(=O)(=O)Cc3ccccc3)C2)c1. The highest BCUT2D eigenvalue weighted by atomic mass is 32.2. The first-order valence-electron chi connectivity index (χ1n) is 9.29. The Labute approximate surface area is 165 Å². The molecule has 0 unspecified atom stereocenters. The number of ketones is 1. The third kappa shape index (κ3) is 5.05. The van der Waals surface area contributed by atoms with E-state index < -0.39 is 15.9 Å². The summed E-state index contributed by atoms with van der Waals surface area (Å²) in [6.07, 6.45) is 1.27. The van der Waals surface area contributed by atoms with Crippen molar-refractivity contribution in [2.75, 3.05) is 18.4 Å². The Bertz CT molecular complexity index is 957. The highest BCUT2D eigenvalue weighted by Crippen LogP contribution is 2.23. The van der Waals surface area contributed by atoms with Crippen molar-refractivity contribution in [3.8, 4) is 0 Å². The Kier molecular flexibility index (Phi) is 6.26. The normalized spacial score (nSPS) is 17.8. The van der Waals surface area contributed by atoms with Crippen LogP contribution in [0.3, 0.4) is 0 Å². The maximum absolute atomic E-state index is 12.8. The van der Waals surface area contributed by atoms with Crippen LogP contribution in [0.15, 0.2) is 54.6 Å². The number of benzene rings is 2. The van der Waals surface area contributed by atoms with Gasteiger partial charge in [-0.15, -0.1) is 0 Å². The lowest BCUT2D eigenvalue weighted by molar-refractivity contribution is -0.120. The van der Waals surface area contributed by atoms with Gasteiger partial charge in [-0.2, -0.15) is 0 Å². The Morgan fingerprint density at radius 1 is 1.11 bits per heavy atom. The van der Waals surface area contributed by atoms with Crippen molar-refractivity contribution >= 4 is 27.4 Å². The highest BCUT2D eigenvalue weighted by molar-refractivity contribution is 7.88. The third-order valence-electron chi connectivity index (χ3n) is 4.88. The van der Waals surface area contributed by atoms with Gasteiger partial charge < -0.3 is 5.32 Å². The lowest BCUT2D eigenvalue weighted by Gasteiger charge is -2.31. The standard InChI is InChI=1S/C21H24N2O4S/c1-16(24)18-9-5-11-20(13-18)22-21(25)19-10-6-12-23(14-19)28(26,27)15-17-7-3-2-4-8-17/h2-5,7-9,11,13,19H,6,10,12,14-15H2,1H3,(H,22,25)/t19-/m1/s1. The molecular weight excluding hydrogens is 376 g/mol. The second-order valence-corrected chi connectivity index (χ2v) is 9.03. The van der Waals surface area contributed by atoms with Crippen molar-refractivity contribution in [2.45, 2.75) is 25.5 Å². The van der Waals surface area contributed by atoms with E-state index in [1.807, 2.05) is 18.2 Å². The first-order chi connectivity index (χ1) is 13.3. The molecule has 6 nitrogen and oxygen atoms in total.